The van der Waals surface area contributed by atoms with Crippen LogP contribution in [0, 0.1) is 0 Å². The van der Waals surface area contributed by atoms with E-state index in [1.165, 1.54) is 32.2 Å². The van der Waals surface area contributed by atoms with Gasteiger partial charge in [0, 0.05) is 47.6 Å². The molecule has 0 aromatic heterocycles. The molecule has 1 saturated heterocycles. The minimum atomic E-state index is -1.88. The highest BCUT2D eigenvalue weighted by molar-refractivity contribution is 6.31. The van der Waals surface area contributed by atoms with Crippen molar-refractivity contribution in [2.75, 3.05) is 7.11 Å². The van der Waals surface area contributed by atoms with Gasteiger partial charge in [0.15, 0.2) is 12.1 Å². The van der Waals surface area contributed by atoms with Gasteiger partial charge in [-0.25, -0.2) is 5.43 Å². The van der Waals surface area contributed by atoms with E-state index < -0.39 is 76.3 Å². The van der Waals surface area contributed by atoms with Crippen molar-refractivity contribution in [3.8, 4) is 17.2 Å². The molecule has 0 radical (unpaired) electrons. The highest BCUT2D eigenvalue weighted by Crippen LogP contribution is 2.52. The monoisotopic (exact) mass is 645 g/mol. The van der Waals surface area contributed by atoms with Crippen LogP contribution >= 0.6 is 0 Å². The van der Waals surface area contributed by atoms with Crippen LogP contribution in [0.15, 0.2) is 53.6 Å². The molecule has 13 heteroatoms. The van der Waals surface area contributed by atoms with Crippen molar-refractivity contribution >= 4 is 23.2 Å². The highest BCUT2D eigenvalue weighted by Gasteiger charge is 2.49. The summed E-state index contributed by atoms with van der Waals surface area (Å²) in [4.78, 5) is 40.4. The maximum absolute atomic E-state index is 13.9. The Balaban J connectivity index is 1.46. The topological polar surface area (TPSA) is 210 Å². The summed E-state index contributed by atoms with van der Waals surface area (Å²) in [6.45, 7) is 3.09. The Bertz CT molecular complexity index is 1800. The molecule has 47 heavy (non-hydrogen) atoms. The quantitative estimate of drug-likeness (QED) is 0.102. The second-order valence-electron chi connectivity index (χ2n) is 12.1. The average Bonchev–Trinajstić information content (AvgIpc) is 3.06. The van der Waals surface area contributed by atoms with E-state index in [9.17, 15) is 34.8 Å². The summed E-state index contributed by atoms with van der Waals surface area (Å²) in [7, 11) is 1.34. The number of nitrogens with two attached hydrogens (primary N) is 1. The van der Waals surface area contributed by atoms with Gasteiger partial charge in [0.25, 0.3) is 5.91 Å². The van der Waals surface area contributed by atoms with Crippen molar-refractivity contribution in [2.45, 2.75) is 69.4 Å². The molecule has 7 N–H and O–H groups in total. The standard InChI is InChI=1S/C34H35N3O10/c1-15-28(38)20(35)12-23(46-15)47-22-14-34(44,16(2)36-37-33(43)17-8-5-4-6-9-17)13-19-25(22)32(42)27-26(30(19)40)29(39)18-10-7-11-21(45-3)24(18)31(27)41/h4-11,15,20,22-23,28,38,40,42,44H,12-14,35H2,1-3H3,(H,37,43)/b36-16+/t15-,20-,22-,23+,28+,34+/m1/s1. The number of amides is 1. The number of aromatic hydroxyl groups is 2. The molecular formula is C34H35N3O10. The van der Waals surface area contributed by atoms with Gasteiger partial charge in [-0.1, -0.05) is 30.3 Å². The number of aliphatic hydroxyl groups excluding tert-OH is 1. The summed E-state index contributed by atoms with van der Waals surface area (Å²) in [5, 5.41) is 50.0. The molecule has 6 rings (SSSR count). The third kappa shape index (κ3) is 5.45. The number of fused-ring (bicyclic) bond motifs is 3. The number of nitrogens with one attached hydrogen (secondary N) is 1. The zero-order valence-corrected chi connectivity index (χ0v) is 25.9. The minimum Gasteiger partial charge on any atom is -0.507 e. The van der Waals surface area contributed by atoms with E-state index in [-0.39, 0.29) is 53.0 Å². The van der Waals surface area contributed by atoms with E-state index in [0.29, 0.717) is 5.56 Å². The van der Waals surface area contributed by atoms with Crippen LogP contribution in [0.3, 0.4) is 0 Å². The molecule has 13 nitrogen and oxygen atoms in total. The number of hydrazone groups is 1. The van der Waals surface area contributed by atoms with Gasteiger partial charge in [-0.15, -0.1) is 0 Å². The molecule has 0 spiro atoms. The second-order valence-corrected chi connectivity index (χ2v) is 12.1. The molecule has 0 bridgehead atoms. The number of hydrogen-bond acceptors (Lipinski definition) is 12. The average molecular weight is 646 g/mol. The summed E-state index contributed by atoms with van der Waals surface area (Å²) in [6, 6.07) is 12.1. The van der Waals surface area contributed by atoms with Crippen molar-refractivity contribution in [3.63, 3.8) is 0 Å². The summed E-state index contributed by atoms with van der Waals surface area (Å²) in [5.74, 6) is -3.08. The molecule has 0 unspecified atom stereocenters. The summed E-state index contributed by atoms with van der Waals surface area (Å²) >= 11 is 0. The van der Waals surface area contributed by atoms with E-state index >= 15 is 0 Å². The molecule has 6 atom stereocenters. The first kappa shape index (κ1) is 32.3. The molecule has 3 aromatic rings. The predicted molar refractivity (Wildman–Crippen MR) is 167 cm³/mol. The van der Waals surface area contributed by atoms with Gasteiger partial charge >= 0.3 is 0 Å². The Morgan fingerprint density at radius 2 is 1.74 bits per heavy atom. The van der Waals surface area contributed by atoms with Gasteiger partial charge in [-0.3, -0.25) is 14.4 Å². The number of carbonyl (C=O) groups is 3. The van der Waals surface area contributed by atoms with Crippen molar-refractivity contribution in [2.24, 2.45) is 10.8 Å². The third-order valence-electron chi connectivity index (χ3n) is 9.18. The highest BCUT2D eigenvalue weighted by atomic mass is 16.7. The van der Waals surface area contributed by atoms with Crippen LogP contribution in [-0.4, -0.2) is 80.9 Å². The molecule has 0 saturated carbocycles. The number of nitrogens with zero attached hydrogens (tertiary/aromatic N) is 1. The molecule has 3 aromatic carbocycles. The first-order valence-electron chi connectivity index (χ1n) is 15.1. The molecule has 2 aliphatic carbocycles. The van der Waals surface area contributed by atoms with Crippen LogP contribution in [0.5, 0.6) is 17.2 Å². The molecule has 1 amide bonds. The lowest BCUT2D eigenvalue weighted by molar-refractivity contribution is -0.245. The Hall–Kier alpha value is -4.66. The molecule has 3 aliphatic rings. The number of carbonyl (C=O) groups excluding carboxylic acids is 3. The van der Waals surface area contributed by atoms with Crippen LogP contribution in [0.2, 0.25) is 0 Å². The van der Waals surface area contributed by atoms with Crippen molar-refractivity contribution in [3.05, 3.63) is 87.5 Å². The number of ether oxygens (including phenoxy) is 3. The van der Waals surface area contributed by atoms with Crippen LogP contribution in [0.25, 0.3) is 0 Å². The first-order chi connectivity index (χ1) is 22.4. The number of rotatable bonds is 6. The Kier molecular flexibility index (Phi) is 8.36. The van der Waals surface area contributed by atoms with Crippen molar-refractivity contribution in [1.82, 2.24) is 5.43 Å². The van der Waals surface area contributed by atoms with Crippen LogP contribution in [0.1, 0.15) is 86.1 Å². The smallest absolute Gasteiger partial charge is 0.271 e. The van der Waals surface area contributed by atoms with Gasteiger partial charge in [0.2, 0.25) is 5.78 Å². The maximum Gasteiger partial charge on any atom is 0.271 e. The number of hydrogen-bond donors (Lipinski definition) is 6. The van der Waals surface area contributed by atoms with E-state index in [4.69, 9.17) is 19.9 Å². The van der Waals surface area contributed by atoms with Crippen LogP contribution < -0.4 is 15.9 Å². The lowest BCUT2D eigenvalue weighted by Crippen LogP contribution is -2.52. The number of phenols is 2. The minimum absolute atomic E-state index is 0.0196. The fourth-order valence-electron chi connectivity index (χ4n) is 6.56. The van der Waals surface area contributed by atoms with Crippen LogP contribution in [-0.2, 0) is 15.9 Å². The van der Waals surface area contributed by atoms with Gasteiger partial charge in [0.1, 0.15) is 22.8 Å². The number of benzene rings is 3. The first-order valence-corrected chi connectivity index (χ1v) is 15.1. The van der Waals surface area contributed by atoms with E-state index in [1.807, 2.05) is 0 Å². The van der Waals surface area contributed by atoms with Crippen molar-refractivity contribution < 1.29 is 49.0 Å². The summed E-state index contributed by atoms with van der Waals surface area (Å²) < 4.78 is 17.5. The lowest BCUT2D eigenvalue weighted by Gasteiger charge is -2.42. The number of ketones is 2. The Morgan fingerprint density at radius 3 is 2.43 bits per heavy atom. The molecule has 1 fully saturated rings. The van der Waals surface area contributed by atoms with Crippen molar-refractivity contribution in [1.29, 1.82) is 0 Å². The number of methoxy groups -OCH3 is 1. The number of phenolic OH excluding ortho intramolecular Hbond substituents is 2. The SMILES string of the molecule is COc1cccc2c1C(=O)c1c(O)c3c(c(O)c1C2=O)C[C@@](O)(/C(C)=N/NC(=O)c1ccccc1)C[C@H]3O[C@H]1C[C@@H](N)[C@@H](O)[C@@H](C)O1. The van der Waals surface area contributed by atoms with Gasteiger partial charge in [-0.2, -0.15) is 5.10 Å². The lowest BCUT2D eigenvalue weighted by atomic mass is 9.71. The fraction of sp³-hybridized carbons (Fsp3) is 0.353. The Morgan fingerprint density at radius 1 is 1.04 bits per heavy atom. The summed E-state index contributed by atoms with van der Waals surface area (Å²) in [5.41, 5.74) is 6.04. The van der Waals surface area contributed by atoms with E-state index in [1.54, 1.807) is 37.3 Å². The zero-order valence-electron chi connectivity index (χ0n) is 25.9. The van der Waals surface area contributed by atoms with Gasteiger partial charge in [-0.05, 0) is 32.0 Å². The molecule has 246 valence electrons. The number of aliphatic hydroxyl groups is 2. The van der Waals surface area contributed by atoms with Crippen LogP contribution in [0.4, 0.5) is 0 Å². The zero-order chi connectivity index (χ0) is 33.8. The van der Waals surface area contributed by atoms with E-state index in [2.05, 4.69) is 10.5 Å². The Labute approximate surface area is 269 Å². The maximum atomic E-state index is 13.9. The second kappa shape index (κ2) is 12.2. The van der Waals surface area contributed by atoms with E-state index in [0.717, 1.165) is 0 Å². The predicted octanol–water partition coefficient (Wildman–Crippen LogP) is 2.25. The third-order valence-corrected chi connectivity index (χ3v) is 9.18. The molecule has 1 heterocycles. The fourth-order valence-corrected chi connectivity index (χ4v) is 6.56. The summed E-state index contributed by atoms with van der Waals surface area (Å²) in [6.07, 6.45) is -4.51. The van der Waals surface area contributed by atoms with Gasteiger partial charge < -0.3 is 40.4 Å². The molecular weight excluding hydrogens is 610 g/mol. The largest absolute Gasteiger partial charge is 0.507 e. The normalized spacial score (nSPS) is 27.0. The molecule has 1 aliphatic heterocycles. The van der Waals surface area contributed by atoms with Gasteiger partial charge in [0.05, 0.1) is 47.8 Å².